The van der Waals surface area contributed by atoms with Crippen LogP contribution in [0.5, 0.6) is 0 Å². The van der Waals surface area contributed by atoms with Crippen molar-refractivity contribution < 1.29 is 9.53 Å². The molecule has 1 saturated heterocycles. The number of rotatable bonds is 6. The van der Waals surface area contributed by atoms with Gasteiger partial charge in [0, 0.05) is 36.6 Å². The van der Waals surface area contributed by atoms with E-state index < -0.39 is 0 Å². The van der Waals surface area contributed by atoms with Crippen LogP contribution in [0.3, 0.4) is 0 Å². The van der Waals surface area contributed by atoms with E-state index in [-0.39, 0.29) is 23.7 Å². The minimum absolute atomic E-state index is 0.0825. The number of benzene rings is 1. The molecule has 0 unspecified atom stereocenters. The number of nitrogens with zero attached hydrogens (tertiary/aromatic N) is 1. The first kappa shape index (κ1) is 20.2. The van der Waals surface area contributed by atoms with Crippen LogP contribution in [0.25, 0.3) is 0 Å². The first-order valence-corrected chi connectivity index (χ1v) is 9.47. The van der Waals surface area contributed by atoms with Crippen LogP contribution in [0.15, 0.2) is 18.2 Å². The fraction of sp³-hybridized carbons (Fsp3) is 0.650. The molecule has 1 aromatic rings. The molecule has 0 spiro atoms. The van der Waals surface area contributed by atoms with E-state index >= 15 is 0 Å². The molecular formula is C20H31ClN2O2. The molecule has 25 heavy (non-hydrogen) atoms. The van der Waals surface area contributed by atoms with Crippen molar-refractivity contribution in [1.29, 1.82) is 0 Å². The summed E-state index contributed by atoms with van der Waals surface area (Å²) in [5, 5.41) is 3.85. The van der Waals surface area contributed by atoms with Gasteiger partial charge in [0.2, 0.25) is 5.91 Å². The molecular weight excluding hydrogens is 336 g/mol. The van der Waals surface area contributed by atoms with Crippen molar-refractivity contribution in [3.63, 3.8) is 0 Å². The number of carbonyl (C=O) groups excluding carboxylic acids is 1. The second-order valence-corrected chi connectivity index (χ2v) is 8.24. The minimum atomic E-state index is -0.0882. The van der Waals surface area contributed by atoms with Crippen LogP contribution in [0, 0.1) is 6.92 Å². The molecule has 1 aliphatic rings. The smallest absolute Gasteiger partial charge is 0.220 e. The average molecular weight is 367 g/mol. The van der Waals surface area contributed by atoms with Gasteiger partial charge >= 0.3 is 0 Å². The first-order chi connectivity index (χ1) is 11.7. The van der Waals surface area contributed by atoms with E-state index in [0.717, 1.165) is 29.2 Å². The summed E-state index contributed by atoms with van der Waals surface area (Å²) in [6, 6.07) is 5.99. The molecule has 0 saturated carbocycles. The van der Waals surface area contributed by atoms with Crippen molar-refractivity contribution >= 4 is 17.5 Å². The van der Waals surface area contributed by atoms with Gasteiger partial charge in [-0.15, -0.1) is 0 Å². The van der Waals surface area contributed by atoms with Gasteiger partial charge in [0.15, 0.2) is 0 Å². The molecule has 0 aromatic heterocycles. The Morgan fingerprint density at radius 3 is 2.56 bits per heavy atom. The molecule has 1 heterocycles. The van der Waals surface area contributed by atoms with Crippen molar-refractivity contribution in [2.24, 2.45) is 0 Å². The molecule has 140 valence electrons. The van der Waals surface area contributed by atoms with Crippen molar-refractivity contribution in [2.45, 2.75) is 65.2 Å². The number of carbonyl (C=O) groups is 1. The summed E-state index contributed by atoms with van der Waals surface area (Å²) in [5.74, 6) is 0.0825. The zero-order valence-electron chi connectivity index (χ0n) is 16.1. The lowest BCUT2D eigenvalue weighted by Gasteiger charge is -2.45. The SMILES string of the molecule is Cc1ccc(CCC(=O)NCC(C)(C)N2C[C@H](C)O[C@@H](C)C2)cc1Cl. The summed E-state index contributed by atoms with van der Waals surface area (Å²) in [5.41, 5.74) is 2.07. The molecule has 2 rings (SSSR count). The summed E-state index contributed by atoms with van der Waals surface area (Å²) in [4.78, 5) is 14.6. The van der Waals surface area contributed by atoms with Gasteiger partial charge < -0.3 is 10.1 Å². The highest BCUT2D eigenvalue weighted by atomic mass is 35.5. The standard InChI is InChI=1S/C20H31ClN2O2/c1-14-6-7-17(10-18(14)21)8-9-19(24)22-13-20(4,5)23-11-15(2)25-16(3)12-23/h6-7,10,15-16H,8-9,11-13H2,1-5H3,(H,22,24)/t15-,16-/m0/s1. The summed E-state index contributed by atoms with van der Waals surface area (Å²) in [7, 11) is 0. The summed E-state index contributed by atoms with van der Waals surface area (Å²) < 4.78 is 5.80. The Hall–Kier alpha value is -1.10. The molecule has 0 bridgehead atoms. The molecule has 4 nitrogen and oxygen atoms in total. The first-order valence-electron chi connectivity index (χ1n) is 9.09. The van der Waals surface area contributed by atoms with E-state index in [0.29, 0.717) is 19.4 Å². The number of hydrogen-bond acceptors (Lipinski definition) is 3. The lowest BCUT2D eigenvalue weighted by atomic mass is 10.00. The molecule has 1 N–H and O–H groups in total. The predicted molar refractivity (Wildman–Crippen MR) is 103 cm³/mol. The fourth-order valence-electron chi connectivity index (χ4n) is 3.24. The van der Waals surface area contributed by atoms with E-state index in [1.54, 1.807) is 0 Å². The number of nitrogens with one attached hydrogen (secondary N) is 1. The second kappa shape index (κ2) is 8.52. The van der Waals surface area contributed by atoms with Crippen LogP contribution >= 0.6 is 11.6 Å². The maximum atomic E-state index is 12.2. The third kappa shape index (κ3) is 5.98. The van der Waals surface area contributed by atoms with Crippen LogP contribution in [0.1, 0.15) is 45.2 Å². The van der Waals surface area contributed by atoms with Crippen LogP contribution in [0.4, 0.5) is 0 Å². The largest absolute Gasteiger partial charge is 0.373 e. The zero-order chi connectivity index (χ0) is 18.6. The van der Waals surface area contributed by atoms with Gasteiger partial charge in [-0.05, 0) is 58.2 Å². The van der Waals surface area contributed by atoms with Crippen molar-refractivity contribution in [1.82, 2.24) is 10.2 Å². The molecule has 5 heteroatoms. The number of halogens is 1. The summed E-state index contributed by atoms with van der Waals surface area (Å²) in [6.07, 6.45) is 1.64. The third-order valence-corrected chi connectivity index (χ3v) is 5.28. The Bertz CT molecular complexity index is 593. The van der Waals surface area contributed by atoms with Gasteiger partial charge in [0.1, 0.15) is 0 Å². The predicted octanol–water partition coefficient (Wildman–Crippen LogP) is 3.59. The van der Waals surface area contributed by atoms with Crippen molar-refractivity contribution in [2.75, 3.05) is 19.6 Å². The quantitative estimate of drug-likeness (QED) is 0.836. The Morgan fingerprint density at radius 1 is 1.32 bits per heavy atom. The van der Waals surface area contributed by atoms with Crippen LogP contribution in [-0.4, -0.2) is 48.2 Å². The minimum Gasteiger partial charge on any atom is -0.373 e. The Balaban J connectivity index is 1.81. The molecule has 0 radical (unpaired) electrons. The number of aryl methyl sites for hydroxylation is 2. The second-order valence-electron chi connectivity index (χ2n) is 7.84. The highest BCUT2D eigenvalue weighted by Crippen LogP contribution is 2.21. The fourth-order valence-corrected chi connectivity index (χ4v) is 3.44. The van der Waals surface area contributed by atoms with Crippen LogP contribution < -0.4 is 5.32 Å². The normalized spacial score (nSPS) is 22.0. The maximum absolute atomic E-state index is 12.2. The average Bonchev–Trinajstić information content (AvgIpc) is 2.53. The van der Waals surface area contributed by atoms with E-state index in [2.05, 4.69) is 37.9 Å². The van der Waals surface area contributed by atoms with Crippen molar-refractivity contribution in [3.05, 3.63) is 34.3 Å². The highest BCUT2D eigenvalue weighted by Gasteiger charge is 2.33. The Labute approximate surface area is 156 Å². The van der Waals surface area contributed by atoms with Gasteiger partial charge in [-0.3, -0.25) is 9.69 Å². The highest BCUT2D eigenvalue weighted by molar-refractivity contribution is 6.31. The van der Waals surface area contributed by atoms with E-state index in [1.165, 1.54) is 0 Å². The monoisotopic (exact) mass is 366 g/mol. The van der Waals surface area contributed by atoms with Gasteiger partial charge in [-0.25, -0.2) is 0 Å². The van der Waals surface area contributed by atoms with Gasteiger partial charge in [0.05, 0.1) is 12.2 Å². The maximum Gasteiger partial charge on any atom is 0.220 e. The molecule has 1 aromatic carbocycles. The molecule has 0 aliphatic carbocycles. The number of ether oxygens (including phenoxy) is 1. The third-order valence-electron chi connectivity index (χ3n) is 4.87. The Kier molecular flexibility index (Phi) is 6.89. The number of hydrogen-bond donors (Lipinski definition) is 1. The molecule has 1 aliphatic heterocycles. The van der Waals surface area contributed by atoms with Crippen LogP contribution in [0.2, 0.25) is 5.02 Å². The molecule has 2 atom stereocenters. The topological polar surface area (TPSA) is 41.6 Å². The van der Waals surface area contributed by atoms with Crippen LogP contribution in [-0.2, 0) is 16.0 Å². The Morgan fingerprint density at radius 2 is 1.96 bits per heavy atom. The van der Waals surface area contributed by atoms with Gasteiger partial charge in [-0.2, -0.15) is 0 Å². The summed E-state index contributed by atoms with van der Waals surface area (Å²) in [6.45, 7) is 13.0. The van der Waals surface area contributed by atoms with Gasteiger partial charge in [0.25, 0.3) is 0 Å². The molecule has 1 amide bonds. The van der Waals surface area contributed by atoms with E-state index in [9.17, 15) is 4.79 Å². The zero-order valence-corrected chi connectivity index (χ0v) is 16.8. The van der Waals surface area contributed by atoms with Crippen molar-refractivity contribution in [3.8, 4) is 0 Å². The lowest BCUT2D eigenvalue weighted by Crippen LogP contribution is -2.58. The summed E-state index contributed by atoms with van der Waals surface area (Å²) >= 11 is 6.14. The van der Waals surface area contributed by atoms with E-state index in [4.69, 9.17) is 16.3 Å². The molecule has 1 fully saturated rings. The lowest BCUT2D eigenvalue weighted by molar-refractivity contribution is -0.122. The van der Waals surface area contributed by atoms with Gasteiger partial charge in [-0.1, -0.05) is 23.7 Å². The van der Waals surface area contributed by atoms with E-state index in [1.807, 2.05) is 25.1 Å². The number of morpholine rings is 1. The number of amides is 1.